The highest BCUT2D eigenvalue weighted by atomic mass is 35.5. The van der Waals surface area contributed by atoms with Crippen molar-refractivity contribution in [2.45, 2.75) is 52.6 Å². The number of halogens is 1. The smallest absolute Gasteiger partial charge is 0.237 e. The van der Waals surface area contributed by atoms with Crippen molar-refractivity contribution in [3.05, 3.63) is 34.4 Å². The predicted octanol–water partition coefficient (Wildman–Crippen LogP) is 2.79. The minimum atomic E-state index is -0.000175. The van der Waals surface area contributed by atoms with Gasteiger partial charge in [-0.2, -0.15) is 0 Å². The first-order valence-corrected chi connectivity index (χ1v) is 7.16. The maximum absolute atomic E-state index is 12.1. The lowest BCUT2D eigenvalue weighted by molar-refractivity contribution is -0.123. The zero-order valence-electron chi connectivity index (χ0n) is 12.6. The Hall–Kier alpha value is -1.06. The van der Waals surface area contributed by atoms with Crippen LogP contribution >= 0.6 is 12.4 Å². The molecule has 112 valence electrons. The van der Waals surface area contributed by atoms with E-state index in [0.29, 0.717) is 6.54 Å². The van der Waals surface area contributed by atoms with E-state index in [0.717, 1.165) is 19.4 Å². The topological polar surface area (TPSA) is 41.1 Å². The fourth-order valence-electron chi connectivity index (χ4n) is 2.86. The highest BCUT2D eigenvalue weighted by molar-refractivity contribution is 5.85. The molecule has 1 heterocycles. The summed E-state index contributed by atoms with van der Waals surface area (Å²) in [4.78, 5) is 12.1. The van der Waals surface area contributed by atoms with Gasteiger partial charge in [0.05, 0.1) is 6.04 Å². The van der Waals surface area contributed by atoms with Crippen molar-refractivity contribution < 1.29 is 4.79 Å². The van der Waals surface area contributed by atoms with E-state index in [9.17, 15) is 4.79 Å². The maximum atomic E-state index is 12.1. The molecule has 1 aromatic carbocycles. The van der Waals surface area contributed by atoms with Crippen LogP contribution in [0.5, 0.6) is 0 Å². The van der Waals surface area contributed by atoms with Gasteiger partial charge < -0.3 is 10.6 Å². The van der Waals surface area contributed by atoms with Crippen LogP contribution in [0.2, 0.25) is 0 Å². The summed E-state index contributed by atoms with van der Waals surface area (Å²) < 4.78 is 0. The second kappa shape index (κ2) is 7.65. The van der Waals surface area contributed by atoms with Gasteiger partial charge >= 0.3 is 0 Å². The van der Waals surface area contributed by atoms with E-state index in [-0.39, 0.29) is 24.4 Å². The number of nitrogens with one attached hydrogen (secondary N) is 2. The van der Waals surface area contributed by atoms with Crippen molar-refractivity contribution >= 4 is 18.3 Å². The Morgan fingerprint density at radius 3 is 2.45 bits per heavy atom. The molecule has 2 N–H and O–H groups in total. The first-order chi connectivity index (χ1) is 9.08. The van der Waals surface area contributed by atoms with Gasteiger partial charge in [0.15, 0.2) is 0 Å². The molecule has 1 atom stereocenters. The van der Waals surface area contributed by atoms with Gasteiger partial charge in [-0.05, 0) is 56.8 Å². The molecule has 1 unspecified atom stereocenters. The third-order valence-electron chi connectivity index (χ3n) is 3.91. The zero-order chi connectivity index (χ0) is 13.8. The molecule has 1 aliphatic heterocycles. The molecular formula is C16H25ClN2O. The van der Waals surface area contributed by atoms with Crippen LogP contribution in [0.3, 0.4) is 0 Å². The van der Waals surface area contributed by atoms with Crippen LogP contribution in [0.4, 0.5) is 0 Å². The molecule has 0 saturated carbocycles. The Labute approximate surface area is 127 Å². The van der Waals surface area contributed by atoms with E-state index < -0.39 is 0 Å². The predicted molar refractivity (Wildman–Crippen MR) is 85.4 cm³/mol. The monoisotopic (exact) mass is 296 g/mol. The van der Waals surface area contributed by atoms with Gasteiger partial charge in [0, 0.05) is 6.54 Å². The average molecular weight is 297 g/mol. The standard InChI is InChI=1S/C16H24N2O.ClH/c1-11-8-12(2)14(13(3)9-11)10-18-16(19)15-6-4-5-7-17-15;/h8-9,15,17H,4-7,10H2,1-3H3,(H,18,19);1H. The Balaban J connectivity index is 0.00000200. The zero-order valence-corrected chi connectivity index (χ0v) is 13.4. The van der Waals surface area contributed by atoms with Crippen LogP contribution in [-0.2, 0) is 11.3 Å². The van der Waals surface area contributed by atoms with Crippen LogP contribution < -0.4 is 10.6 Å². The van der Waals surface area contributed by atoms with Gasteiger partial charge in [-0.1, -0.05) is 24.1 Å². The number of rotatable bonds is 3. The molecule has 0 radical (unpaired) electrons. The summed E-state index contributed by atoms with van der Waals surface area (Å²) in [5.74, 6) is 0.138. The summed E-state index contributed by atoms with van der Waals surface area (Å²) in [6.07, 6.45) is 3.28. The molecule has 1 saturated heterocycles. The van der Waals surface area contributed by atoms with Crippen molar-refractivity contribution in [1.29, 1.82) is 0 Å². The van der Waals surface area contributed by atoms with E-state index in [1.165, 1.54) is 28.7 Å². The number of amides is 1. The molecule has 0 spiro atoms. The highest BCUT2D eigenvalue weighted by Gasteiger charge is 2.20. The van der Waals surface area contributed by atoms with Crippen LogP contribution in [-0.4, -0.2) is 18.5 Å². The van der Waals surface area contributed by atoms with E-state index in [2.05, 4.69) is 43.5 Å². The van der Waals surface area contributed by atoms with Crippen molar-refractivity contribution in [3.63, 3.8) is 0 Å². The Morgan fingerprint density at radius 1 is 1.25 bits per heavy atom. The lowest BCUT2D eigenvalue weighted by Gasteiger charge is -2.23. The highest BCUT2D eigenvalue weighted by Crippen LogP contribution is 2.16. The van der Waals surface area contributed by atoms with Crippen molar-refractivity contribution in [2.24, 2.45) is 0 Å². The number of hydrogen-bond donors (Lipinski definition) is 2. The Bertz CT molecular complexity index is 445. The molecule has 4 heteroatoms. The summed E-state index contributed by atoms with van der Waals surface area (Å²) in [7, 11) is 0. The van der Waals surface area contributed by atoms with Crippen LogP contribution in [0, 0.1) is 20.8 Å². The Morgan fingerprint density at radius 2 is 1.90 bits per heavy atom. The van der Waals surface area contributed by atoms with Crippen LogP contribution in [0.1, 0.15) is 41.5 Å². The SMILES string of the molecule is Cc1cc(C)c(CNC(=O)C2CCCCN2)c(C)c1.Cl. The third-order valence-corrected chi connectivity index (χ3v) is 3.91. The number of aryl methyl sites for hydroxylation is 3. The van der Waals surface area contributed by atoms with Crippen molar-refractivity contribution in [2.75, 3.05) is 6.54 Å². The molecule has 0 aliphatic carbocycles. The van der Waals surface area contributed by atoms with Crippen LogP contribution in [0.15, 0.2) is 12.1 Å². The van der Waals surface area contributed by atoms with Gasteiger partial charge in [-0.25, -0.2) is 0 Å². The van der Waals surface area contributed by atoms with Gasteiger partial charge in [0.25, 0.3) is 0 Å². The lowest BCUT2D eigenvalue weighted by atomic mass is 9.99. The summed E-state index contributed by atoms with van der Waals surface area (Å²) >= 11 is 0. The molecule has 1 aliphatic rings. The second-order valence-electron chi connectivity index (χ2n) is 5.60. The molecule has 1 aromatic rings. The molecule has 20 heavy (non-hydrogen) atoms. The molecular weight excluding hydrogens is 272 g/mol. The normalized spacial score (nSPS) is 18.2. The lowest BCUT2D eigenvalue weighted by Crippen LogP contribution is -2.46. The molecule has 0 aromatic heterocycles. The minimum absolute atomic E-state index is 0. The summed E-state index contributed by atoms with van der Waals surface area (Å²) in [6, 6.07) is 4.35. The Kier molecular flexibility index (Phi) is 6.50. The molecule has 2 rings (SSSR count). The van der Waals surface area contributed by atoms with Gasteiger partial charge in [0.1, 0.15) is 0 Å². The fraction of sp³-hybridized carbons (Fsp3) is 0.562. The molecule has 1 fully saturated rings. The summed E-state index contributed by atoms with van der Waals surface area (Å²) in [5.41, 5.74) is 5.04. The van der Waals surface area contributed by atoms with E-state index in [1.807, 2.05) is 0 Å². The van der Waals surface area contributed by atoms with Gasteiger partial charge in [-0.15, -0.1) is 12.4 Å². The summed E-state index contributed by atoms with van der Waals surface area (Å²) in [6.45, 7) is 7.92. The third kappa shape index (κ3) is 4.22. The fourth-order valence-corrected chi connectivity index (χ4v) is 2.86. The number of carbonyl (C=O) groups is 1. The van der Waals surface area contributed by atoms with Gasteiger partial charge in [-0.3, -0.25) is 4.79 Å². The maximum Gasteiger partial charge on any atom is 0.237 e. The van der Waals surface area contributed by atoms with E-state index in [1.54, 1.807) is 0 Å². The van der Waals surface area contributed by atoms with E-state index in [4.69, 9.17) is 0 Å². The number of hydrogen-bond acceptors (Lipinski definition) is 2. The average Bonchev–Trinajstić information content (AvgIpc) is 2.38. The number of benzene rings is 1. The molecule has 3 nitrogen and oxygen atoms in total. The first kappa shape index (κ1) is 17.0. The van der Waals surface area contributed by atoms with Gasteiger partial charge in [0.2, 0.25) is 5.91 Å². The van der Waals surface area contributed by atoms with Crippen molar-refractivity contribution in [1.82, 2.24) is 10.6 Å². The minimum Gasteiger partial charge on any atom is -0.351 e. The van der Waals surface area contributed by atoms with E-state index >= 15 is 0 Å². The van der Waals surface area contributed by atoms with Crippen molar-refractivity contribution in [3.8, 4) is 0 Å². The number of carbonyl (C=O) groups excluding carboxylic acids is 1. The molecule has 1 amide bonds. The quantitative estimate of drug-likeness (QED) is 0.900. The van der Waals surface area contributed by atoms with Crippen LogP contribution in [0.25, 0.3) is 0 Å². The first-order valence-electron chi connectivity index (χ1n) is 7.16. The largest absolute Gasteiger partial charge is 0.351 e. The second-order valence-corrected chi connectivity index (χ2v) is 5.60. The number of piperidine rings is 1. The summed E-state index contributed by atoms with van der Waals surface area (Å²) in [5, 5.41) is 6.35. The molecule has 0 bridgehead atoms.